The first kappa shape index (κ1) is 13.2. The summed E-state index contributed by atoms with van der Waals surface area (Å²) >= 11 is 0. The van der Waals surface area contributed by atoms with E-state index >= 15 is 0 Å². The Morgan fingerprint density at radius 2 is 2.10 bits per heavy atom. The minimum Gasteiger partial charge on any atom is -0.493 e. The third-order valence-electron chi connectivity index (χ3n) is 5.57. The normalized spacial score (nSPS) is 30.4. The van der Waals surface area contributed by atoms with Crippen molar-refractivity contribution in [2.45, 2.75) is 51.0 Å². The Kier molecular flexibility index (Phi) is 3.36. The lowest BCUT2D eigenvalue weighted by Gasteiger charge is -2.21. The lowest BCUT2D eigenvalue weighted by molar-refractivity contribution is 0.0926. The molecule has 112 valence electrons. The molecule has 3 aliphatic rings. The van der Waals surface area contributed by atoms with Gasteiger partial charge in [-0.1, -0.05) is 12.8 Å². The summed E-state index contributed by atoms with van der Waals surface area (Å²) in [6.07, 6.45) is 8.54. The van der Waals surface area contributed by atoms with Crippen LogP contribution in [-0.4, -0.2) is 18.6 Å². The molecule has 0 saturated heterocycles. The van der Waals surface area contributed by atoms with Crippen LogP contribution in [0.3, 0.4) is 0 Å². The number of carbonyl (C=O) groups excluding carboxylic acids is 1. The van der Waals surface area contributed by atoms with Crippen molar-refractivity contribution in [1.82, 2.24) is 5.32 Å². The number of amides is 1. The summed E-state index contributed by atoms with van der Waals surface area (Å²) in [5, 5.41) is 3.29. The van der Waals surface area contributed by atoms with Crippen LogP contribution in [-0.2, 0) is 6.42 Å². The molecule has 3 heteroatoms. The standard InChI is InChI=1S/C18H23NO2/c20-18(19-16-8-6-12-3-1-5-15(12)16)14-7-9-17-13(11-14)4-2-10-21-17/h7,9,11-12,15-16H,1-6,8,10H2,(H,19,20)/t12-,15-,16-/m1/s1. The number of carbonyl (C=O) groups is 1. The molecule has 1 aliphatic heterocycles. The molecule has 1 aromatic carbocycles. The number of benzene rings is 1. The molecule has 2 aliphatic carbocycles. The Hall–Kier alpha value is -1.51. The van der Waals surface area contributed by atoms with Crippen LogP contribution in [0, 0.1) is 11.8 Å². The maximum absolute atomic E-state index is 12.5. The van der Waals surface area contributed by atoms with E-state index in [9.17, 15) is 4.79 Å². The number of fused-ring (bicyclic) bond motifs is 2. The van der Waals surface area contributed by atoms with E-state index in [1.54, 1.807) is 0 Å². The predicted molar refractivity (Wildman–Crippen MR) is 81.6 cm³/mol. The Balaban J connectivity index is 1.47. The summed E-state index contributed by atoms with van der Waals surface area (Å²) in [4.78, 5) is 12.5. The van der Waals surface area contributed by atoms with Gasteiger partial charge in [-0.25, -0.2) is 0 Å². The summed E-state index contributed by atoms with van der Waals surface area (Å²) in [5.74, 6) is 2.65. The summed E-state index contributed by atoms with van der Waals surface area (Å²) < 4.78 is 5.62. The van der Waals surface area contributed by atoms with E-state index in [1.807, 2.05) is 18.2 Å². The molecule has 0 aromatic heterocycles. The summed E-state index contributed by atoms with van der Waals surface area (Å²) in [6, 6.07) is 6.28. The number of rotatable bonds is 2. The van der Waals surface area contributed by atoms with E-state index in [1.165, 1.54) is 31.2 Å². The van der Waals surface area contributed by atoms with Crippen LogP contribution in [0.15, 0.2) is 18.2 Å². The molecule has 2 fully saturated rings. The van der Waals surface area contributed by atoms with Crippen molar-refractivity contribution in [2.24, 2.45) is 11.8 Å². The van der Waals surface area contributed by atoms with Crippen molar-refractivity contribution < 1.29 is 9.53 Å². The van der Waals surface area contributed by atoms with Gasteiger partial charge in [-0.15, -0.1) is 0 Å². The van der Waals surface area contributed by atoms with Crippen LogP contribution in [0.1, 0.15) is 54.4 Å². The highest BCUT2D eigenvalue weighted by Crippen LogP contribution is 2.44. The Morgan fingerprint density at radius 3 is 3.05 bits per heavy atom. The first-order valence-electron chi connectivity index (χ1n) is 8.38. The summed E-state index contributed by atoms with van der Waals surface area (Å²) in [7, 11) is 0. The largest absolute Gasteiger partial charge is 0.493 e. The molecular weight excluding hydrogens is 262 g/mol. The Bertz CT molecular complexity index is 554. The zero-order valence-electron chi connectivity index (χ0n) is 12.4. The molecule has 0 bridgehead atoms. The van der Waals surface area contributed by atoms with Gasteiger partial charge >= 0.3 is 0 Å². The number of nitrogens with one attached hydrogen (secondary N) is 1. The highest BCUT2D eigenvalue weighted by Gasteiger charge is 2.39. The fourth-order valence-corrected chi connectivity index (χ4v) is 4.49. The number of aryl methyl sites for hydroxylation is 1. The zero-order chi connectivity index (χ0) is 14.2. The van der Waals surface area contributed by atoms with Gasteiger partial charge in [-0.3, -0.25) is 4.79 Å². The van der Waals surface area contributed by atoms with Gasteiger partial charge in [0.05, 0.1) is 6.61 Å². The van der Waals surface area contributed by atoms with E-state index in [0.717, 1.165) is 49.0 Å². The third kappa shape index (κ3) is 2.43. The molecule has 3 nitrogen and oxygen atoms in total. The third-order valence-corrected chi connectivity index (χ3v) is 5.57. The first-order valence-corrected chi connectivity index (χ1v) is 8.38. The van der Waals surface area contributed by atoms with Gasteiger partial charge in [-0.05, 0) is 67.7 Å². The number of hydrogen-bond donors (Lipinski definition) is 1. The lowest BCUT2D eigenvalue weighted by Crippen LogP contribution is -2.37. The smallest absolute Gasteiger partial charge is 0.251 e. The molecular formula is C18H23NO2. The maximum atomic E-state index is 12.5. The minimum atomic E-state index is 0.0981. The van der Waals surface area contributed by atoms with E-state index < -0.39 is 0 Å². The SMILES string of the molecule is O=C(N[C@@H]1CC[C@H]2CCC[C@H]21)c1ccc2c(c1)CCCO2. The molecule has 0 spiro atoms. The van der Waals surface area contributed by atoms with Gasteiger partial charge in [0, 0.05) is 11.6 Å². The van der Waals surface area contributed by atoms with E-state index in [2.05, 4.69) is 5.32 Å². The number of hydrogen-bond acceptors (Lipinski definition) is 2. The molecule has 1 aromatic rings. The van der Waals surface area contributed by atoms with Crippen molar-refractivity contribution in [1.29, 1.82) is 0 Å². The molecule has 1 amide bonds. The van der Waals surface area contributed by atoms with E-state index in [4.69, 9.17) is 4.74 Å². The molecule has 0 unspecified atom stereocenters. The van der Waals surface area contributed by atoms with Gasteiger partial charge in [0.25, 0.3) is 5.91 Å². The van der Waals surface area contributed by atoms with Crippen molar-refractivity contribution >= 4 is 5.91 Å². The zero-order valence-corrected chi connectivity index (χ0v) is 12.4. The molecule has 0 radical (unpaired) electrons. The van der Waals surface area contributed by atoms with Crippen molar-refractivity contribution in [2.75, 3.05) is 6.61 Å². The highest BCUT2D eigenvalue weighted by molar-refractivity contribution is 5.94. The molecule has 4 rings (SSSR count). The fraction of sp³-hybridized carbons (Fsp3) is 0.611. The quantitative estimate of drug-likeness (QED) is 0.905. The Labute approximate surface area is 126 Å². The topological polar surface area (TPSA) is 38.3 Å². The average molecular weight is 285 g/mol. The highest BCUT2D eigenvalue weighted by atomic mass is 16.5. The molecule has 21 heavy (non-hydrogen) atoms. The molecule has 3 atom stereocenters. The molecule has 1 heterocycles. The molecule has 2 saturated carbocycles. The summed E-state index contributed by atoms with van der Waals surface area (Å²) in [5.41, 5.74) is 1.97. The lowest BCUT2D eigenvalue weighted by atomic mass is 9.97. The van der Waals surface area contributed by atoms with Crippen LogP contribution >= 0.6 is 0 Å². The van der Waals surface area contributed by atoms with Crippen molar-refractivity contribution in [3.63, 3.8) is 0 Å². The fourth-order valence-electron chi connectivity index (χ4n) is 4.49. The van der Waals surface area contributed by atoms with Gasteiger partial charge in [0.1, 0.15) is 5.75 Å². The van der Waals surface area contributed by atoms with Gasteiger partial charge in [-0.2, -0.15) is 0 Å². The van der Waals surface area contributed by atoms with Gasteiger partial charge < -0.3 is 10.1 Å². The van der Waals surface area contributed by atoms with Crippen LogP contribution in [0.5, 0.6) is 5.75 Å². The van der Waals surface area contributed by atoms with Gasteiger partial charge in [0.15, 0.2) is 0 Å². The monoisotopic (exact) mass is 285 g/mol. The second kappa shape index (κ2) is 5.36. The first-order chi connectivity index (χ1) is 10.3. The molecule has 1 N–H and O–H groups in total. The second-order valence-corrected chi connectivity index (χ2v) is 6.79. The van der Waals surface area contributed by atoms with Crippen LogP contribution in [0.4, 0.5) is 0 Å². The van der Waals surface area contributed by atoms with Crippen molar-refractivity contribution in [3.8, 4) is 5.75 Å². The van der Waals surface area contributed by atoms with Gasteiger partial charge in [0.2, 0.25) is 0 Å². The maximum Gasteiger partial charge on any atom is 0.251 e. The minimum absolute atomic E-state index is 0.0981. The van der Waals surface area contributed by atoms with Crippen LogP contribution in [0.2, 0.25) is 0 Å². The van der Waals surface area contributed by atoms with Crippen molar-refractivity contribution in [3.05, 3.63) is 29.3 Å². The van der Waals surface area contributed by atoms with E-state index in [0.29, 0.717) is 6.04 Å². The average Bonchev–Trinajstić information content (AvgIpc) is 3.12. The summed E-state index contributed by atoms with van der Waals surface area (Å²) in [6.45, 7) is 0.795. The number of ether oxygens (including phenoxy) is 1. The predicted octanol–water partition coefficient (Wildman–Crippen LogP) is 3.32. The van der Waals surface area contributed by atoms with Crippen LogP contribution < -0.4 is 10.1 Å². The van der Waals surface area contributed by atoms with Crippen LogP contribution in [0.25, 0.3) is 0 Å². The Morgan fingerprint density at radius 1 is 1.14 bits per heavy atom. The second-order valence-electron chi connectivity index (χ2n) is 6.79. The van der Waals surface area contributed by atoms with E-state index in [-0.39, 0.29) is 5.91 Å².